The van der Waals surface area contributed by atoms with Gasteiger partial charge in [-0.05, 0) is 28.7 Å². The minimum atomic E-state index is -0.616. The van der Waals surface area contributed by atoms with Crippen LogP contribution in [0.3, 0.4) is 0 Å². The van der Waals surface area contributed by atoms with Crippen molar-refractivity contribution in [2.75, 3.05) is 13.2 Å². The quantitative estimate of drug-likeness (QED) is 0.836. The van der Waals surface area contributed by atoms with E-state index in [2.05, 4.69) is 26.1 Å². The summed E-state index contributed by atoms with van der Waals surface area (Å²) in [5.41, 5.74) is 2.10. The molecule has 2 aromatic rings. The largest absolute Gasteiger partial charge is 0.492 e. The molecule has 0 bridgehead atoms. The lowest BCUT2D eigenvalue weighted by molar-refractivity contribution is -0.127. The van der Waals surface area contributed by atoms with Crippen molar-refractivity contribution in [1.82, 2.24) is 10.2 Å². The summed E-state index contributed by atoms with van der Waals surface area (Å²) in [5, 5.41) is 2.72. The Bertz CT molecular complexity index is 779. The van der Waals surface area contributed by atoms with Gasteiger partial charge in [0.1, 0.15) is 18.4 Å². The van der Waals surface area contributed by atoms with E-state index < -0.39 is 6.04 Å². The number of hydrogen-bond donors (Lipinski definition) is 1. The van der Waals surface area contributed by atoms with Crippen LogP contribution in [0.1, 0.15) is 37.9 Å². The zero-order chi connectivity index (χ0) is 18.7. The van der Waals surface area contributed by atoms with E-state index in [1.807, 2.05) is 54.6 Å². The molecule has 1 N–H and O–H groups in total. The van der Waals surface area contributed by atoms with Crippen LogP contribution in [0.5, 0.6) is 5.75 Å². The van der Waals surface area contributed by atoms with Crippen LogP contribution in [0.2, 0.25) is 0 Å². The molecule has 0 saturated carbocycles. The fraction of sp³-hybridized carbons (Fsp3) is 0.333. The van der Waals surface area contributed by atoms with Crippen molar-refractivity contribution >= 4 is 11.9 Å². The molecule has 5 heteroatoms. The third-order valence-electron chi connectivity index (χ3n) is 4.46. The minimum Gasteiger partial charge on any atom is -0.492 e. The highest BCUT2D eigenvalue weighted by Crippen LogP contribution is 2.25. The van der Waals surface area contributed by atoms with E-state index in [0.29, 0.717) is 0 Å². The molecule has 1 fully saturated rings. The van der Waals surface area contributed by atoms with Crippen molar-refractivity contribution in [2.45, 2.75) is 32.2 Å². The summed E-state index contributed by atoms with van der Waals surface area (Å²) < 4.78 is 5.70. The molecular formula is C21H24N2O3. The molecule has 0 spiro atoms. The van der Waals surface area contributed by atoms with Gasteiger partial charge in [0.2, 0.25) is 0 Å². The van der Waals surface area contributed by atoms with Crippen LogP contribution in [0, 0.1) is 0 Å². The van der Waals surface area contributed by atoms with E-state index in [-0.39, 0.29) is 30.5 Å². The van der Waals surface area contributed by atoms with Gasteiger partial charge in [-0.15, -0.1) is 0 Å². The molecule has 3 rings (SSSR count). The average Bonchev–Trinajstić information content (AvgIpc) is 2.90. The number of rotatable bonds is 5. The second-order valence-electron chi connectivity index (χ2n) is 7.41. The monoisotopic (exact) mass is 352 g/mol. The van der Waals surface area contributed by atoms with Crippen molar-refractivity contribution in [2.24, 2.45) is 0 Å². The predicted molar refractivity (Wildman–Crippen MR) is 100 cm³/mol. The molecule has 1 saturated heterocycles. The van der Waals surface area contributed by atoms with Crippen LogP contribution >= 0.6 is 0 Å². The number of carbonyl (C=O) groups excluding carboxylic acids is 2. The van der Waals surface area contributed by atoms with Gasteiger partial charge in [-0.2, -0.15) is 0 Å². The van der Waals surface area contributed by atoms with Crippen LogP contribution in [0.25, 0.3) is 0 Å². The number of nitrogens with zero attached hydrogens (tertiary/aromatic N) is 1. The highest BCUT2D eigenvalue weighted by Gasteiger charge is 2.38. The first-order chi connectivity index (χ1) is 12.4. The standard InChI is InChI=1S/C21H24N2O3/c1-21(2,3)16-9-11-17(12-10-16)26-14-13-23-19(24)18(22-20(23)25)15-7-5-4-6-8-15/h4-12,18H,13-14H2,1-3H3,(H,22,25). The van der Waals surface area contributed by atoms with Crippen molar-refractivity contribution < 1.29 is 14.3 Å². The smallest absolute Gasteiger partial charge is 0.325 e. The van der Waals surface area contributed by atoms with Gasteiger partial charge in [-0.1, -0.05) is 63.2 Å². The molecule has 0 aliphatic carbocycles. The van der Waals surface area contributed by atoms with E-state index in [1.165, 1.54) is 10.5 Å². The maximum atomic E-state index is 12.5. The Balaban J connectivity index is 1.56. The highest BCUT2D eigenvalue weighted by molar-refractivity contribution is 6.04. The average molecular weight is 352 g/mol. The number of ether oxygens (including phenoxy) is 1. The molecule has 1 unspecified atom stereocenters. The molecule has 1 heterocycles. The van der Waals surface area contributed by atoms with Gasteiger partial charge in [0.15, 0.2) is 0 Å². The number of nitrogens with one attached hydrogen (secondary N) is 1. The minimum absolute atomic E-state index is 0.0883. The Hall–Kier alpha value is -2.82. The zero-order valence-electron chi connectivity index (χ0n) is 15.4. The fourth-order valence-electron chi connectivity index (χ4n) is 2.91. The second-order valence-corrected chi connectivity index (χ2v) is 7.41. The zero-order valence-corrected chi connectivity index (χ0v) is 15.4. The summed E-state index contributed by atoms with van der Waals surface area (Å²) >= 11 is 0. The summed E-state index contributed by atoms with van der Waals surface area (Å²) in [7, 11) is 0. The van der Waals surface area contributed by atoms with Gasteiger partial charge in [-0.25, -0.2) is 4.79 Å². The molecular weight excluding hydrogens is 328 g/mol. The molecule has 2 aromatic carbocycles. The van der Waals surface area contributed by atoms with Crippen LogP contribution in [-0.2, 0) is 10.2 Å². The van der Waals surface area contributed by atoms with E-state index in [1.54, 1.807) is 0 Å². The van der Waals surface area contributed by atoms with Crippen molar-refractivity contribution in [3.8, 4) is 5.75 Å². The Kier molecular flexibility index (Phi) is 4.98. The van der Waals surface area contributed by atoms with Crippen LogP contribution in [-0.4, -0.2) is 30.0 Å². The van der Waals surface area contributed by atoms with Crippen molar-refractivity contribution in [1.29, 1.82) is 0 Å². The Labute approximate surface area is 154 Å². The maximum absolute atomic E-state index is 12.5. The summed E-state index contributed by atoms with van der Waals surface area (Å²) in [6.45, 7) is 6.95. The third kappa shape index (κ3) is 3.87. The number of benzene rings is 2. The van der Waals surface area contributed by atoms with Gasteiger partial charge in [0.25, 0.3) is 5.91 Å². The molecule has 5 nitrogen and oxygen atoms in total. The van der Waals surface area contributed by atoms with Crippen LogP contribution < -0.4 is 10.1 Å². The second kappa shape index (κ2) is 7.20. The Morgan fingerprint density at radius 1 is 1.00 bits per heavy atom. The maximum Gasteiger partial charge on any atom is 0.325 e. The number of hydrogen-bond acceptors (Lipinski definition) is 3. The van der Waals surface area contributed by atoms with Gasteiger partial charge in [-0.3, -0.25) is 9.69 Å². The number of amides is 3. The molecule has 1 aliphatic rings. The lowest BCUT2D eigenvalue weighted by atomic mass is 9.87. The first kappa shape index (κ1) is 18.0. The molecule has 3 amide bonds. The van der Waals surface area contributed by atoms with Gasteiger partial charge in [0.05, 0.1) is 6.54 Å². The number of carbonyl (C=O) groups is 2. The molecule has 1 atom stereocenters. The predicted octanol–water partition coefficient (Wildman–Crippen LogP) is 3.66. The summed E-state index contributed by atoms with van der Waals surface area (Å²) in [6.07, 6.45) is 0. The van der Waals surface area contributed by atoms with E-state index in [4.69, 9.17) is 4.74 Å². The Morgan fingerprint density at radius 3 is 2.27 bits per heavy atom. The topological polar surface area (TPSA) is 58.6 Å². The first-order valence-electron chi connectivity index (χ1n) is 8.76. The molecule has 26 heavy (non-hydrogen) atoms. The lowest BCUT2D eigenvalue weighted by Gasteiger charge is -2.19. The fourth-order valence-corrected chi connectivity index (χ4v) is 2.91. The first-order valence-corrected chi connectivity index (χ1v) is 8.76. The number of imide groups is 1. The van der Waals surface area contributed by atoms with Crippen LogP contribution in [0.4, 0.5) is 4.79 Å². The normalized spacial score (nSPS) is 17.3. The van der Waals surface area contributed by atoms with Gasteiger partial charge >= 0.3 is 6.03 Å². The number of urea groups is 1. The molecule has 0 radical (unpaired) electrons. The Morgan fingerprint density at radius 2 is 1.65 bits per heavy atom. The highest BCUT2D eigenvalue weighted by atomic mass is 16.5. The van der Waals surface area contributed by atoms with E-state index in [0.717, 1.165) is 11.3 Å². The SMILES string of the molecule is CC(C)(C)c1ccc(OCCN2C(=O)NC(c3ccccc3)C2=O)cc1. The van der Waals surface area contributed by atoms with Crippen LogP contribution in [0.15, 0.2) is 54.6 Å². The molecule has 136 valence electrons. The summed E-state index contributed by atoms with van der Waals surface area (Å²) in [5.74, 6) is 0.484. The molecule has 0 aromatic heterocycles. The van der Waals surface area contributed by atoms with Gasteiger partial charge in [0, 0.05) is 0 Å². The van der Waals surface area contributed by atoms with Gasteiger partial charge < -0.3 is 10.1 Å². The lowest BCUT2D eigenvalue weighted by Crippen LogP contribution is -2.34. The van der Waals surface area contributed by atoms with E-state index in [9.17, 15) is 9.59 Å². The van der Waals surface area contributed by atoms with Crippen molar-refractivity contribution in [3.05, 3.63) is 65.7 Å². The summed E-state index contributed by atoms with van der Waals surface area (Å²) in [6, 6.07) is 16.1. The molecule has 1 aliphatic heterocycles. The van der Waals surface area contributed by atoms with E-state index >= 15 is 0 Å². The van der Waals surface area contributed by atoms with Crippen molar-refractivity contribution in [3.63, 3.8) is 0 Å². The summed E-state index contributed by atoms with van der Waals surface area (Å²) in [4.78, 5) is 25.8. The third-order valence-corrected chi connectivity index (χ3v) is 4.46.